The highest BCUT2D eigenvalue weighted by Gasteiger charge is 2.09. The van der Waals surface area contributed by atoms with E-state index in [1.807, 2.05) is 0 Å². The Morgan fingerprint density at radius 2 is 1.95 bits per heavy atom. The van der Waals surface area contributed by atoms with Crippen LogP contribution in [0.2, 0.25) is 0 Å². The van der Waals surface area contributed by atoms with Gasteiger partial charge in [-0.1, -0.05) is 27.7 Å². The monoisotopic (exact) mass is 309 g/mol. The first-order valence-electron chi connectivity index (χ1n) is 8.27. The predicted molar refractivity (Wildman–Crippen MR) is 92.3 cm³/mol. The number of unbranched alkanes of at least 4 members (excludes halogenated alkanes) is 1. The Kier molecular flexibility index (Phi) is 8.58. The van der Waals surface area contributed by atoms with Crippen molar-refractivity contribution in [2.75, 3.05) is 43.8 Å². The molecule has 1 heterocycles. The molecule has 0 spiro atoms. The molecule has 3 N–H and O–H groups in total. The summed E-state index contributed by atoms with van der Waals surface area (Å²) in [5.41, 5.74) is 6.55. The summed E-state index contributed by atoms with van der Waals surface area (Å²) >= 11 is 0. The molecule has 6 nitrogen and oxygen atoms in total. The first kappa shape index (κ1) is 18.5. The minimum atomic E-state index is 0.436. The van der Waals surface area contributed by atoms with Crippen molar-refractivity contribution in [1.29, 1.82) is 0 Å². The number of anilines is 2. The Hall–Kier alpha value is -1.56. The molecular formula is C16H31N5O. The lowest BCUT2D eigenvalue weighted by Gasteiger charge is -2.17. The molecule has 0 atom stereocenters. The van der Waals surface area contributed by atoms with Gasteiger partial charge in [0.15, 0.2) is 5.82 Å². The SMILES string of the molecule is CCN(CC)CCCCNc1ncnc(OCC(C)C)c1N. The molecule has 0 aliphatic carbocycles. The Morgan fingerprint density at radius 3 is 2.59 bits per heavy atom. The van der Waals surface area contributed by atoms with Crippen LogP contribution in [0.1, 0.15) is 40.5 Å². The van der Waals surface area contributed by atoms with Gasteiger partial charge in [-0.3, -0.25) is 0 Å². The van der Waals surface area contributed by atoms with Crippen molar-refractivity contribution in [1.82, 2.24) is 14.9 Å². The molecule has 0 bridgehead atoms. The Morgan fingerprint density at radius 1 is 1.23 bits per heavy atom. The van der Waals surface area contributed by atoms with Crippen molar-refractivity contribution >= 4 is 11.5 Å². The van der Waals surface area contributed by atoms with E-state index in [9.17, 15) is 0 Å². The zero-order valence-corrected chi connectivity index (χ0v) is 14.4. The summed E-state index contributed by atoms with van der Waals surface area (Å²) in [7, 11) is 0. The van der Waals surface area contributed by atoms with Crippen LogP contribution in [0.5, 0.6) is 5.88 Å². The van der Waals surface area contributed by atoms with Crippen LogP contribution in [-0.4, -0.2) is 47.7 Å². The minimum absolute atomic E-state index is 0.436. The fourth-order valence-corrected chi connectivity index (χ4v) is 2.09. The third-order valence-electron chi connectivity index (χ3n) is 3.49. The first-order chi connectivity index (χ1) is 10.6. The molecule has 0 radical (unpaired) electrons. The van der Waals surface area contributed by atoms with Crippen molar-refractivity contribution in [3.8, 4) is 5.88 Å². The normalized spacial score (nSPS) is 11.2. The van der Waals surface area contributed by atoms with E-state index in [0.717, 1.165) is 39.0 Å². The zero-order valence-electron chi connectivity index (χ0n) is 14.4. The van der Waals surface area contributed by atoms with Gasteiger partial charge in [0.1, 0.15) is 12.0 Å². The van der Waals surface area contributed by atoms with E-state index in [1.54, 1.807) is 0 Å². The number of rotatable bonds is 11. The molecule has 0 fully saturated rings. The van der Waals surface area contributed by atoms with Crippen molar-refractivity contribution < 1.29 is 4.74 Å². The van der Waals surface area contributed by atoms with Crippen LogP contribution in [0, 0.1) is 5.92 Å². The van der Waals surface area contributed by atoms with Crippen molar-refractivity contribution in [2.24, 2.45) is 5.92 Å². The van der Waals surface area contributed by atoms with Crippen molar-refractivity contribution in [2.45, 2.75) is 40.5 Å². The lowest BCUT2D eigenvalue weighted by molar-refractivity contribution is 0.262. The van der Waals surface area contributed by atoms with Crippen LogP contribution in [-0.2, 0) is 0 Å². The molecular weight excluding hydrogens is 278 g/mol. The maximum atomic E-state index is 6.05. The van der Waals surface area contributed by atoms with Gasteiger partial charge in [-0.05, 0) is 38.4 Å². The summed E-state index contributed by atoms with van der Waals surface area (Å²) in [4.78, 5) is 10.7. The average Bonchev–Trinajstić information content (AvgIpc) is 2.51. The standard InChI is InChI=1S/C16H31N5O/c1-5-21(6-2)10-8-7-9-18-15-14(17)16(20-12-19-15)22-11-13(3)4/h12-13H,5-11,17H2,1-4H3,(H,18,19,20). The van der Waals surface area contributed by atoms with E-state index < -0.39 is 0 Å². The lowest BCUT2D eigenvalue weighted by Crippen LogP contribution is -2.24. The van der Waals surface area contributed by atoms with Gasteiger partial charge in [0.05, 0.1) is 6.61 Å². The van der Waals surface area contributed by atoms with Gasteiger partial charge in [-0.2, -0.15) is 4.98 Å². The summed E-state index contributed by atoms with van der Waals surface area (Å²) in [5.74, 6) is 1.57. The quantitative estimate of drug-likeness (QED) is 0.612. The summed E-state index contributed by atoms with van der Waals surface area (Å²) in [6.45, 7) is 13.4. The topological polar surface area (TPSA) is 76.3 Å². The Labute approximate surface area is 134 Å². The zero-order chi connectivity index (χ0) is 16.4. The maximum absolute atomic E-state index is 6.05. The molecule has 22 heavy (non-hydrogen) atoms. The average molecular weight is 309 g/mol. The molecule has 0 aliphatic heterocycles. The van der Waals surface area contributed by atoms with Gasteiger partial charge in [-0.25, -0.2) is 4.98 Å². The van der Waals surface area contributed by atoms with Crippen molar-refractivity contribution in [3.63, 3.8) is 0 Å². The van der Waals surface area contributed by atoms with Gasteiger partial charge >= 0.3 is 0 Å². The molecule has 0 aromatic carbocycles. The Bertz CT molecular complexity index is 421. The van der Waals surface area contributed by atoms with Gasteiger partial charge in [-0.15, -0.1) is 0 Å². The van der Waals surface area contributed by atoms with Crippen molar-refractivity contribution in [3.05, 3.63) is 6.33 Å². The van der Waals surface area contributed by atoms with Crippen LogP contribution in [0.4, 0.5) is 11.5 Å². The summed E-state index contributed by atoms with van der Waals surface area (Å²) in [5, 5.41) is 3.28. The van der Waals surface area contributed by atoms with Crippen LogP contribution in [0.15, 0.2) is 6.33 Å². The fraction of sp³-hybridized carbons (Fsp3) is 0.750. The second kappa shape index (κ2) is 10.2. The summed E-state index contributed by atoms with van der Waals surface area (Å²) < 4.78 is 5.60. The van der Waals surface area contributed by atoms with Crippen LogP contribution < -0.4 is 15.8 Å². The van der Waals surface area contributed by atoms with Crippen LogP contribution in [0.3, 0.4) is 0 Å². The molecule has 0 unspecified atom stereocenters. The van der Waals surface area contributed by atoms with E-state index in [-0.39, 0.29) is 0 Å². The summed E-state index contributed by atoms with van der Waals surface area (Å²) in [6, 6.07) is 0. The molecule has 1 rings (SSSR count). The second-order valence-electron chi connectivity index (χ2n) is 5.81. The smallest absolute Gasteiger partial charge is 0.242 e. The number of ether oxygens (including phenoxy) is 1. The highest BCUT2D eigenvalue weighted by Crippen LogP contribution is 2.24. The largest absolute Gasteiger partial charge is 0.476 e. The molecule has 1 aromatic rings. The van der Waals surface area contributed by atoms with Crippen LogP contribution >= 0.6 is 0 Å². The highest BCUT2D eigenvalue weighted by atomic mass is 16.5. The number of nitrogens with zero attached hydrogens (tertiary/aromatic N) is 3. The predicted octanol–water partition coefficient (Wildman–Crippen LogP) is 2.63. The maximum Gasteiger partial charge on any atom is 0.242 e. The highest BCUT2D eigenvalue weighted by molar-refractivity contribution is 5.66. The third kappa shape index (κ3) is 6.47. The number of nitrogen functional groups attached to an aromatic ring is 1. The molecule has 0 saturated carbocycles. The number of nitrogens with two attached hydrogens (primary N) is 1. The second-order valence-corrected chi connectivity index (χ2v) is 5.81. The van der Waals surface area contributed by atoms with E-state index in [4.69, 9.17) is 10.5 Å². The van der Waals surface area contributed by atoms with E-state index >= 15 is 0 Å². The van der Waals surface area contributed by atoms with Gasteiger partial charge < -0.3 is 20.7 Å². The number of hydrogen-bond acceptors (Lipinski definition) is 6. The number of nitrogens with one attached hydrogen (secondary N) is 1. The molecule has 0 amide bonds. The van der Waals surface area contributed by atoms with E-state index in [0.29, 0.717) is 29.9 Å². The van der Waals surface area contributed by atoms with E-state index in [2.05, 4.69) is 47.9 Å². The van der Waals surface area contributed by atoms with Gasteiger partial charge in [0, 0.05) is 6.54 Å². The molecule has 0 aliphatic rings. The fourth-order valence-electron chi connectivity index (χ4n) is 2.09. The summed E-state index contributed by atoms with van der Waals surface area (Å²) in [6.07, 6.45) is 3.74. The molecule has 0 saturated heterocycles. The van der Waals surface area contributed by atoms with E-state index in [1.165, 1.54) is 6.33 Å². The molecule has 126 valence electrons. The van der Waals surface area contributed by atoms with Crippen LogP contribution in [0.25, 0.3) is 0 Å². The first-order valence-corrected chi connectivity index (χ1v) is 8.27. The molecule has 1 aromatic heterocycles. The minimum Gasteiger partial charge on any atom is -0.476 e. The third-order valence-corrected chi connectivity index (χ3v) is 3.49. The molecule has 6 heteroatoms. The number of aromatic nitrogens is 2. The number of hydrogen-bond donors (Lipinski definition) is 2. The van der Waals surface area contributed by atoms with Gasteiger partial charge in [0.2, 0.25) is 5.88 Å². The lowest BCUT2D eigenvalue weighted by atomic mass is 10.2. The Balaban J connectivity index is 2.38. The van der Waals surface area contributed by atoms with Gasteiger partial charge in [0.25, 0.3) is 0 Å².